The molecule has 6 heteroatoms. The quantitative estimate of drug-likeness (QED) is 0.180. The number of furan rings is 1. The first kappa shape index (κ1) is 29.9. The standard InChI is InChI=1S/C47H28N4OS/c1-2-10-33-29(9-1)16-17-30-18-19-31(32-20-21-41-38(26-32)36-13-7-22-48-46(36)51(41)47-49-23-8-24-50-47)25-37(30)40-27-43-39(34-11-3-5-14-42(34)52-43)28-45(40)53-44-15-6-4-12-35(33)44/h1-28H. The largest absolute Gasteiger partial charge is 0.456 e. The Balaban J connectivity index is 1.16. The van der Waals surface area contributed by atoms with Crippen molar-refractivity contribution < 1.29 is 4.42 Å². The molecular weight excluding hydrogens is 669 g/mol. The van der Waals surface area contributed by atoms with Crippen LogP contribution in [0.2, 0.25) is 0 Å². The summed E-state index contributed by atoms with van der Waals surface area (Å²) >= 11 is 1.82. The molecule has 11 rings (SSSR count). The molecule has 1 aliphatic heterocycles. The van der Waals surface area contributed by atoms with E-state index in [1.165, 1.54) is 26.5 Å². The molecule has 4 aromatic heterocycles. The predicted molar refractivity (Wildman–Crippen MR) is 217 cm³/mol. The first-order valence-corrected chi connectivity index (χ1v) is 18.4. The summed E-state index contributed by atoms with van der Waals surface area (Å²) in [4.78, 5) is 16.3. The first-order valence-electron chi connectivity index (χ1n) is 17.6. The van der Waals surface area contributed by atoms with Crippen LogP contribution in [0.25, 0.3) is 95.4 Å². The number of hydrogen-bond acceptors (Lipinski definition) is 5. The zero-order chi connectivity index (χ0) is 34.9. The lowest BCUT2D eigenvalue weighted by Crippen LogP contribution is -2.00. The van der Waals surface area contributed by atoms with Crippen molar-refractivity contribution in [1.29, 1.82) is 0 Å². The fraction of sp³-hybridized carbons (Fsp3) is 0. The number of para-hydroxylation sites is 1. The Hall–Kier alpha value is -6.76. The van der Waals surface area contributed by atoms with Gasteiger partial charge < -0.3 is 4.42 Å². The van der Waals surface area contributed by atoms with Crippen molar-refractivity contribution in [1.82, 2.24) is 19.5 Å². The van der Waals surface area contributed by atoms with E-state index in [1.807, 2.05) is 46.8 Å². The maximum atomic E-state index is 6.50. The molecule has 0 amide bonds. The molecule has 0 aliphatic carbocycles. The third-order valence-electron chi connectivity index (χ3n) is 10.2. The second-order valence-corrected chi connectivity index (χ2v) is 14.3. The number of pyridine rings is 1. The number of aromatic nitrogens is 4. The molecule has 0 saturated carbocycles. The molecule has 0 bridgehead atoms. The van der Waals surface area contributed by atoms with Crippen molar-refractivity contribution in [3.8, 4) is 39.3 Å². The molecule has 1 aliphatic rings. The Bertz CT molecular complexity index is 3100. The van der Waals surface area contributed by atoms with Crippen LogP contribution >= 0.6 is 11.8 Å². The van der Waals surface area contributed by atoms with E-state index in [-0.39, 0.29) is 0 Å². The van der Waals surface area contributed by atoms with Gasteiger partial charge in [0.25, 0.3) is 0 Å². The lowest BCUT2D eigenvalue weighted by molar-refractivity contribution is 0.669. The van der Waals surface area contributed by atoms with Crippen LogP contribution in [0, 0.1) is 0 Å². The smallest absolute Gasteiger partial charge is 0.235 e. The predicted octanol–water partition coefficient (Wildman–Crippen LogP) is 12.5. The van der Waals surface area contributed by atoms with Crippen LogP contribution < -0.4 is 0 Å². The molecule has 0 saturated heterocycles. The van der Waals surface area contributed by atoms with Crippen molar-refractivity contribution in [3.63, 3.8) is 0 Å². The van der Waals surface area contributed by atoms with E-state index in [0.717, 1.165) is 71.7 Å². The molecule has 0 atom stereocenters. The van der Waals surface area contributed by atoms with Crippen LogP contribution in [-0.4, -0.2) is 19.5 Å². The topological polar surface area (TPSA) is 56.7 Å². The van der Waals surface area contributed by atoms with E-state index in [1.54, 1.807) is 12.4 Å². The molecule has 0 unspecified atom stereocenters. The van der Waals surface area contributed by atoms with Gasteiger partial charge in [0.1, 0.15) is 16.8 Å². The van der Waals surface area contributed by atoms with Gasteiger partial charge in [-0.1, -0.05) is 103 Å². The molecular formula is C47H28N4OS. The Kier molecular flexibility index (Phi) is 6.72. The number of hydrogen-bond donors (Lipinski definition) is 0. The van der Waals surface area contributed by atoms with E-state index in [0.29, 0.717) is 5.95 Å². The van der Waals surface area contributed by atoms with Crippen molar-refractivity contribution in [2.45, 2.75) is 9.79 Å². The zero-order valence-corrected chi connectivity index (χ0v) is 29.1. The summed E-state index contributed by atoms with van der Waals surface area (Å²) in [7, 11) is 0. The molecule has 5 nitrogen and oxygen atoms in total. The van der Waals surface area contributed by atoms with E-state index in [2.05, 4.69) is 137 Å². The maximum absolute atomic E-state index is 6.50. The first-order chi connectivity index (χ1) is 26.3. The summed E-state index contributed by atoms with van der Waals surface area (Å²) in [5.41, 5.74) is 12.9. The van der Waals surface area contributed by atoms with Crippen LogP contribution in [0.5, 0.6) is 0 Å². The summed E-state index contributed by atoms with van der Waals surface area (Å²) in [6.45, 7) is 0. The van der Waals surface area contributed by atoms with Crippen LogP contribution in [-0.2, 0) is 0 Å². The minimum absolute atomic E-state index is 0.601. The molecule has 53 heavy (non-hydrogen) atoms. The molecule has 6 aromatic carbocycles. The highest BCUT2D eigenvalue weighted by molar-refractivity contribution is 7.99. The molecule has 0 N–H and O–H groups in total. The fourth-order valence-corrected chi connectivity index (χ4v) is 8.89. The van der Waals surface area contributed by atoms with Gasteiger partial charge in [-0.15, -0.1) is 0 Å². The zero-order valence-electron chi connectivity index (χ0n) is 28.3. The minimum atomic E-state index is 0.601. The van der Waals surface area contributed by atoms with Gasteiger partial charge in [0, 0.05) is 49.9 Å². The number of nitrogens with zero attached hydrogens (tertiary/aromatic N) is 4. The monoisotopic (exact) mass is 696 g/mol. The summed E-state index contributed by atoms with van der Waals surface area (Å²) < 4.78 is 8.54. The van der Waals surface area contributed by atoms with E-state index in [4.69, 9.17) is 9.40 Å². The van der Waals surface area contributed by atoms with E-state index >= 15 is 0 Å². The molecule has 248 valence electrons. The highest BCUT2D eigenvalue weighted by atomic mass is 32.2. The molecule has 5 heterocycles. The average molecular weight is 697 g/mol. The maximum Gasteiger partial charge on any atom is 0.235 e. The van der Waals surface area contributed by atoms with Gasteiger partial charge in [0.2, 0.25) is 5.95 Å². The van der Waals surface area contributed by atoms with Crippen molar-refractivity contribution >= 4 is 67.8 Å². The number of benzene rings is 6. The molecule has 0 radical (unpaired) electrons. The number of rotatable bonds is 2. The highest BCUT2D eigenvalue weighted by Crippen LogP contribution is 2.47. The molecule has 0 spiro atoms. The number of fused-ring (bicyclic) bond motifs is 12. The Morgan fingerprint density at radius 3 is 2.11 bits per heavy atom. The van der Waals surface area contributed by atoms with E-state index < -0.39 is 0 Å². The SMILES string of the molecule is C1=Cc2ccc(-c3ccc4c(c3)c3cccnc3n4-c3ncccn3)cc2-c2cc3oc4ccccc4c3cc2Sc2ccccc2-c2ccccc21. The van der Waals surface area contributed by atoms with Crippen molar-refractivity contribution in [2.75, 3.05) is 0 Å². The summed E-state index contributed by atoms with van der Waals surface area (Å²) in [6, 6.07) is 49.6. The third-order valence-corrected chi connectivity index (χ3v) is 11.4. The summed E-state index contributed by atoms with van der Waals surface area (Å²) in [5.74, 6) is 0.601. The Morgan fingerprint density at radius 1 is 0.453 bits per heavy atom. The second kappa shape index (κ2) is 11.9. The highest BCUT2D eigenvalue weighted by Gasteiger charge is 2.20. The van der Waals surface area contributed by atoms with Gasteiger partial charge >= 0.3 is 0 Å². The van der Waals surface area contributed by atoms with Gasteiger partial charge in [-0.2, -0.15) is 0 Å². The normalized spacial score (nSPS) is 12.4. The van der Waals surface area contributed by atoms with Crippen LogP contribution in [0.3, 0.4) is 0 Å². The minimum Gasteiger partial charge on any atom is -0.456 e. The third kappa shape index (κ3) is 4.84. The van der Waals surface area contributed by atoms with Crippen molar-refractivity contribution in [2.24, 2.45) is 0 Å². The lowest BCUT2D eigenvalue weighted by atomic mass is 9.92. The average Bonchev–Trinajstić information content (AvgIpc) is 3.74. The van der Waals surface area contributed by atoms with Crippen LogP contribution in [0.4, 0.5) is 0 Å². The van der Waals surface area contributed by atoms with Gasteiger partial charge in [-0.25, -0.2) is 15.0 Å². The molecule has 10 aromatic rings. The van der Waals surface area contributed by atoms with Gasteiger partial charge in [0.05, 0.1) is 5.52 Å². The van der Waals surface area contributed by atoms with Gasteiger partial charge in [-0.05, 0) is 105 Å². The molecule has 0 fully saturated rings. The lowest BCUT2D eigenvalue weighted by Gasteiger charge is -2.16. The van der Waals surface area contributed by atoms with E-state index in [9.17, 15) is 0 Å². The van der Waals surface area contributed by atoms with Crippen molar-refractivity contribution in [3.05, 3.63) is 169 Å². The van der Waals surface area contributed by atoms with Crippen LogP contribution in [0.15, 0.2) is 172 Å². The Labute approximate surface area is 308 Å². The second-order valence-electron chi connectivity index (χ2n) is 13.3. The van der Waals surface area contributed by atoms with Crippen LogP contribution in [0.1, 0.15) is 11.1 Å². The van der Waals surface area contributed by atoms with Gasteiger partial charge in [0.15, 0.2) is 0 Å². The summed E-state index contributed by atoms with van der Waals surface area (Å²) in [5, 5.41) is 4.39. The fourth-order valence-electron chi connectivity index (χ4n) is 7.76. The summed E-state index contributed by atoms with van der Waals surface area (Å²) in [6.07, 6.45) is 9.86. The Morgan fingerprint density at radius 2 is 1.19 bits per heavy atom. The van der Waals surface area contributed by atoms with Gasteiger partial charge in [-0.3, -0.25) is 4.57 Å².